The van der Waals surface area contributed by atoms with Gasteiger partial charge in [0.05, 0.1) is 19.3 Å². The molecule has 9 heteroatoms. The lowest BCUT2D eigenvalue weighted by molar-refractivity contribution is -0.122. The molecule has 0 radical (unpaired) electrons. The van der Waals surface area contributed by atoms with Crippen LogP contribution in [0.3, 0.4) is 0 Å². The van der Waals surface area contributed by atoms with Gasteiger partial charge >= 0.3 is 0 Å². The molecule has 0 bridgehead atoms. The van der Waals surface area contributed by atoms with E-state index in [4.69, 9.17) is 9.47 Å². The Morgan fingerprint density at radius 2 is 2.15 bits per heavy atom. The van der Waals surface area contributed by atoms with Gasteiger partial charge in [0.15, 0.2) is 0 Å². The van der Waals surface area contributed by atoms with E-state index in [9.17, 15) is 4.79 Å². The predicted molar refractivity (Wildman–Crippen MR) is 110 cm³/mol. The van der Waals surface area contributed by atoms with E-state index in [-0.39, 0.29) is 36.8 Å². The lowest BCUT2D eigenvalue weighted by atomic mass is 10.2. The van der Waals surface area contributed by atoms with Crippen LogP contribution in [0.25, 0.3) is 0 Å². The first-order chi connectivity index (χ1) is 11.8. The van der Waals surface area contributed by atoms with E-state index in [1.165, 1.54) is 0 Å². The first-order valence-corrected chi connectivity index (χ1v) is 9.57. The van der Waals surface area contributed by atoms with Crippen LogP contribution in [-0.2, 0) is 16.1 Å². The number of nitrogens with one attached hydrogen (secondary N) is 2. The molecule has 1 unspecified atom stereocenters. The fourth-order valence-corrected chi connectivity index (χ4v) is 3.68. The van der Waals surface area contributed by atoms with Crippen molar-refractivity contribution in [2.75, 3.05) is 51.1 Å². The second kappa shape index (κ2) is 12.6. The zero-order valence-corrected chi connectivity index (χ0v) is 17.1. The highest BCUT2D eigenvalue weighted by Gasteiger charge is 2.21. The van der Waals surface area contributed by atoms with Crippen LogP contribution < -0.4 is 15.4 Å². The van der Waals surface area contributed by atoms with Gasteiger partial charge in [-0.1, -0.05) is 12.1 Å². The van der Waals surface area contributed by atoms with Crippen molar-refractivity contribution in [2.45, 2.75) is 12.6 Å². The summed E-state index contributed by atoms with van der Waals surface area (Å²) in [5.74, 6) is 2.62. The Labute approximate surface area is 171 Å². The fraction of sp³-hybridized carbons (Fsp3) is 0.588. The third-order valence-electron chi connectivity index (χ3n) is 4.18. The number of hydrogen-bond acceptors (Lipinski definition) is 6. The van der Waals surface area contributed by atoms with Crippen LogP contribution >= 0.6 is 36.6 Å². The number of nitrogens with zero attached hydrogens (tertiary/aromatic N) is 1. The maximum absolute atomic E-state index is 12.0. The first kappa shape index (κ1) is 23.3. The molecule has 1 amide bonds. The summed E-state index contributed by atoms with van der Waals surface area (Å²) in [6, 6.07) is 7.86. The van der Waals surface area contributed by atoms with Crippen molar-refractivity contribution in [1.82, 2.24) is 15.5 Å². The minimum Gasteiger partial charge on any atom is -0.492 e. The summed E-state index contributed by atoms with van der Waals surface area (Å²) in [5.41, 5.74) is 1.05. The highest BCUT2D eigenvalue weighted by molar-refractivity contribution is 7.99. The van der Waals surface area contributed by atoms with Crippen LogP contribution in [0.5, 0.6) is 5.75 Å². The fourth-order valence-electron chi connectivity index (χ4n) is 2.74. The number of ether oxygens (including phenoxy) is 2. The minimum absolute atomic E-state index is 0. The van der Waals surface area contributed by atoms with Gasteiger partial charge in [-0.2, -0.15) is 0 Å². The van der Waals surface area contributed by atoms with E-state index in [0.29, 0.717) is 13.2 Å². The molecule has 2 heterocycles. The normalized spacial score (nSPS) is 19.9. The quantitative estimate of drug-likeness (QED) is 0.692. The van der Waals surface area contributed by atoms with Crippen LogP contribution in [-0.4, -0.2) is 67.9 Å². The van der Waals surface area contributed by atoms with Gasteiger partial charge in [-0.3, -0.25) is 15.0 Å². The lowest BCUT2D eigenvalue weighted by Gasteiger charge is -2.26. The van der Waals surface area contributed by atoms with Crippen molar-refractivity contribution >= 4 is 42.5 Å². The van der Waals surface area contributed by atoms with Crippen LogP contribution in [0.4, 0.5) is 0 Å². The van der Waals surface area contributed by atoms with Gasteiger partial charge in [-0.25, -0.2) is 0 Å². The van der Waals surface area contributed by atoms with Crippen molar-refractivity contribution in [1.29, 1.82) is 0 Å². The molecule has 1 aromatic carbocycles. The number of halogens is 2. The summed E-state index contributed by atoms with van der Waals surface area (Å²) in [5, 5.41) is 6.16. The molecule has 2 aliphatic heterocycles. The summed E-state index contributed by atoms with van der Waals surface area (Å²) in [4.78, 5) is 14.4. The number of morpholine rings is 1. The molecule has 3 rings (SSSR count). The summed E-state index contributed by atoms with van der Waals surface area (Å²) < 4.78 is 11.2. The van der Waals surface area contributed by atoms with Gasteiger partial charge in [0.25, 0.3) is 0 Å². The Morgan fingerprint density at radius 1 is 1.35 bits per heavy atom. The molecule has 26 heavy (non-hydrogen) atoms. The molecule has 0 spiro atoms. The molecule has 148 valence electrons. The molecule has 0 saturated carbocycles. The highest BCUT2D eigenvalue weighted by Crippen LogP contribution is 2.14. The average Bonchev–Trinajstić information content (AvgIpc) is 3.16. The van der Waals surface area contributed by atoms with Gasteiger partial charge in [0.1, 0.15) is 12.4 Å². The third-order valence-corrected chi connectivity index (χ3v) is 5.12. The molecule has 6 nitrogen and oxygen atoms in total. The Balaban J connectivity index is 0.00000169. The summed E-state index contributed by atoms with van der Waals surface area (Å²) in [7, 11) is 0. The molecule has 0 aliphatic carbocycles. The van der Waals surface area contributed by atoms with E-state index in [0.717, 1.165) is 55.8 Å². The van der Waals surface area contributed by atoms with E-state index < -0.39 is 0 Å². The Morgan fingerprint density at radius 3 is 2.88 bits per heavy atom. The van der Waals surface area contributed by atoms with Crippen molar-refractivity contribution in [3.05, 3.63) is 29.8 Å². The van der Waals surface area contributed by atoms with Gasteiger partial charge in [0.2, 0.25) is 5.91 Å². The monoisotopic (exact) mass is 423 g/mol. The summed E-state index contributed by atoms with van der Waals surface area (Å²) in [6.07, 6.45) is 0. The number of carbonyl (C=O) groups excluding carboxylic acids is 1. The second-order valence-electron chi connectivity index (χ2n) is 5.94. The largest absolute Gasteiger partial charge is 0.492 e. The number of thioether (sulfide) groups is 1. The molecule has 2 aliphatic rings. The lowest BCUT2D eigenvalue weighted by Crippen LogP contribution is -2.41. The summed E-state index contributed by atoms with van der Waals surface area (Å²) in [6.45, 7) is 5.68. The zero-order chi connectivity index (χ0) is 16.6. The number of carbonyl (C=O) groups is 1. The number of benzene rings is 1. The van der Waals surface area contributed by atoms with Crippen molar-refractivity contribution in [3.63, 3.8) is 0 Å². The Kier molecular flexibility index (Phi) is 11.4. The van der Waals surface area contributed by atoms with Gasteiger partial charge in [-0.15, -0.1) is 36.6 Å². The maximum atomic E-state index is 12.0. The molecule has 0 aromatic heterocycles. The van der Waals surface area contributed by atoms with E-state index in [2.05, 4.69) is 15.5 Å². The van der Waals surface area contributed by atoms with Crippen molar-refractivity contribution < 1.29 is 14.3 Å². The van der Waals surface area contributed by atoms with Crippen LogP contribution in [0.1, 0.15) is 5.56 Å². The molecule has 2 N–H and O–H groups in total. The number of hydrogen-bond donors (Lipinski definition) is 2. The van der Waals surface area contributed by atoms with Crippen LogP contribution in [0.2, 0.25) is 0 Å². The van der Waals surface area contributed by atoms with E-state index >= 15 is 0 Å². The topological polar surface area (TPSA) is 62.8 Å². The summed E-state index contributed by atoms with van der Waals surface area (Å²) >= 11 is 1.75. The highest BCUT2D eigenvalue weighted by atomic mass is 35.5. The molecule has 2 saturated heterocycles. The number of amides is 1. The molecule has 2 fully saturated rings. The maximum Gasteiger partial charge on any atom is 0.238 e. The van der Waals surface area contributed by atoms with Crippen LogP contribution in [0, 0.1) is 0 Å². The van der Waals surface area contributed by atoms with E-state index in [1.54, 1.807) is 11.8 Å². The predicted octanol–water partition coefficient (Wildman–Crippen LogP) is 1.52. The minimum atomic E-state index is -0.0667. The van der Waals surface area contributed by atoms with Gasteiger partial charge in [0, 0.05) is 37.8 Å². The number of rotatable bonds is 7. The van der Waals surface area contributed by atoms with Gasteiger partial charge in [-0.05, 0) is 17.7 Å². The Hall–Kier alpha value is -0.700. The standard InChI is InChI=1S/C17H25N3O3S.2ClH/c21-17(16-12-24-13-19-16)18-11-14-2-1-3-15(10-14)23-9-6-20-4-7-22-8-5-20;;/h1-3,10,16,19H,4-9,11-13H2,(H,18,21);2*1H. The van der Waals surface area contributed by atoms with Gasteiger partial charge < -0.3 is 14.8 Å². The SMILES string of the molecule is Cl.Cl.O=C(NCc1cccc(OCCN2CCOCC2)c1)C1CSCN1. The molecule has 1 aromatic rings. The third kappa shape index (κ3) is 7.50. The molecule has 1 atom stereocenters. The van der Waals surface area contributed by atoms with Crippen LogP contribution in [0.15, 0.2) is 24.3 Å². The van der Waals surface area contributed by atoms with E-state index in [1.807, 2.05) is 24.3 Å². The first-order valence-electron chi connectivity index (χ1n) is 8.42. The molecular weight excluding hydrogens is 397 g/mol. The average molecular weight is 424 g/mol. The smallest absolute Gasteiger partial charge is 0.238 e. The van der Waals surface area contributed by atoms with Crippen molar-refractivity contribution in [2.24, 2.45) is 0 Å². The zero-order valence-electron chi connectivity index (χ0n) is 14.6. The van der Waals surface area contributed by atoms with Crippen molar-refractivity contribution in [3.8, 4) is 5.75 Å². The Bertz CT molecular complexity index is 542. The second-order valence-corrected chi connectivity index (χ2v) is 6.97. The molecular formula is C17H27Cl2N3O3S.